The monoisotopic (exact) mass is 354 g/mol. The van der Waals surface area contributed by atoms with Crippen molar-refractivity contribution < 1.29 is 18.7 Å². The van der Waals surface area contributed by atoms with E-state index in [9.17, 15) is 9.59 Å². The molecule has 0 unspecified atom stereocenters. The maximum absolute atomic E-state index is 12.1. The highest BCUT2D eigenvalue weighted by Gasteiger charge is 2.12. The normalized spacial score (nSPS) is 10.5. The number of rotatable bonds is 6. The van der Waals surface area contributed by atoms with Gasteiger partial charge in [0.25, 0.3) is 5.56 Å². The van der Waals surface area contributed by atoms with Gasteiger partial charge in [-0.15, -0.1) is 0 Å². The molecule has 0 radical (unpaired) electrons. The summed E-state index contributed by atoms with van der Waals surface area (Å²) in [5, 5.41) is 4.37. The first-order valence-electron chi connectivity index (χ1n) is 8.09. The molecule has 0 fully saturated rings. The van der Waals surface area contributed by atoms with Crippen LogP contribution in [-0.2, 0) is 11.3 Å². The summed E-state index contributed by atoms with van der Waals surface area (Å²) >= 11 is 0. The van der Waals surface area contributed by atoms with Gasteiger partial charge in [-0.3, -0.25) is 4.79 Å². The van der Waals surface area contributed by atoms with E-state index in [0.29, 0.717) is 18.1 Å². The molecule has 0 N–H and O–H groups in total. The molecule has 0 aliphatic rings. The van der Waals surface area contributed by atoms with Crippen LogP contribution < -0.4 is 10.3 Å². The van der Waals surface area contributed by atoms with Gasteiger partial charge in [-0.1, -0.05) is 0 Å². The Kier molecular flexibility index (Phi) is 5.17. The number of carbonyl (C=O) groups is 1. The van der Waals surface area contributed by atoms with E-state index in [1.54, 1.807) is 12.1 Å². The predicted octanol–water partition coefficient (Wildman–Crippen LogP) is 2.74. The van der Waals surface area contributed by atoms with Crippen molar-refractivity contribution in [2.24, 2.45) is 0 Å². The van der Waals surface area contributed by atoms with E-state index in [1.165, 1.54) is 23.9 Å². The number of ether oxygens (including phenoxy) is 2. The van der Waals surface area contributed by atoms with Gasteiger partial charge in [-0.25, -0.2) is 9.48 Å². The first kappa shape index (κ1) is 17.5. The minimum absolute atomic E-state index is 0.0817. The number of hydrogen-bond donors (Lipinski definition) is 0. The summed E-state index contributed by atoms with van der Waals surface area (Å²) in [5.41, 5.74) is 1.24. The van der Waals surface area contributed by atoms with Crippen molar-refractivity contribution in [3.05, 3.63) is 70.4 Å². The number of hydrogen-bond acceptors (Lipinski definition) is 6. The quantitative estimate of drug-likeness (QED) is 0.633. The van der Waals surface area contributed by atoms with Crippen LogP contribution in [0.25, 0.3) is 11.3 Å². The molecule has 0 saturated carbocycles. The van der Waals surface area contributed by atoms with Gasteiger partial charge in [-0.05, 0) is 49.4 Å². The highest BCUT2D eigenvalue weighted by molar-refractivity contribution is 5.86. The number of methoxy groups -OCH3 is 1. The summed E-state index contributed by atoms with van der Waals surface area (Å²) in [6.07, 6.45) is 0. The Bertz CT molecular complexity index is 957. The molecule has 2 heterocycles. The zero-order chi connectivity index (χ0) is 18.5. The summed E-state index contributed by atoms with van der Waals surface area (Å²) < 4.78 is 16.7. The highest BCUT2D eigenvalue weighted by atomic mass is 16.5. The van der Waals surface area contributed by atoms with Crippen LogP contribution in [-0.4, -0.2) is 29.5 Å². The average molecular weight is 354 g/mol. The van der Waals surface area contributed by atoms with Gasteiger partial charge >= 0.3 is 5.97 Å². The van der Waals surface area contributed by atoms with Crippen molar-refractivity contribution in [2.45, 2.75) is 13.5 Å². The first-order chi connectivity index (χ1) is 12.6. The van der Waals surface area contributed by atoms with Gasteiger partial charge in [0.1, 0.15) is 18.1 Å². The maximum atomic E-state index is 12.1. The lowest BCUT2D eigenvalue weighted by Crippen LogP contribution is -2.22. The third-order valence-electron chi connectivity index (χ3n) is 3.68. The average Bonchev–Trinajstić information content (AvgIpc) is 3.12. The van der Waals surface area contributed by atoms with Crippen molar-refractivity contribution in [1.82, 2.24) is 9.78 Å². The minimum atomic E-state index is -0.570. The van der Waals surface area contributed by atoms with Gasteiger partial charge in [0.2, 0.25) is 5.76 Å². The second kappa shape index (κ2) is 7.69. The lowest BCUT2D eigenvalue weighted by Gasteiger charge is -2.07. The van der Waals surface area contributed by atoms with Gasteiger partial charge < -0.3 is 13.9 Å². The van der Waals surface area contributed by atoms with E-state index >= 15 is 0 Å². The summed E-state index contributed by atoms with van der Waals surface area (Å²) in [6.45, 7) is 2.63. The van der Waals surface area contributed by atoms with Crippen LogP contribution in [0.1, 0.15) is 23.2 Å². The Hall–Kier alpha value is -3.35. The van der Waals surface area contributed by atoms with Gasteiger partial charge in [-0.2, -0.15) is 5.10 Å². The standard InChI is InChI=1S/C19H18N2O5/c1-3-25-14-6-4-13(5-7-14)16-9-11-18(22)21(20-16)12-15-8-10-17(26-15)19(23)24-2/h4-11H,3,12H2,1-2H3. The van der Waals surface area contributed by atoms with E-state index in [1.807, 2.05) is 31.2 Å². The minimum Gasteiger partial charge on any atom is -0.494 e. The van der Waals surface area contributed by atoms with Crippen molar-refractivity contribution in [2.75, 3.05) is 13.7 Å². The van der Waals surface area contributed by atoms with E-state index in [2.05, 4.69) is 9.84 Å². The smallest absolute Gasteiger partial charge is 0.373 e. The molecular weight excluding hydrogens is 336 g/mol. The molecule has 0 saturated heterocycles. The Morgan fingerprint density at radius 2 is 1.88 bits per heavy atom. The Labute approximate surface area is 149 Å². The molecule has 3 aromatic rings. The largest absolute Gasteiger partial charge is 0.494 e. The number of esters is 1. The molecule has 3 rings (SSSR count). The van der Waals surface area contributed by atoms with Crippen molar-refractivity contribution in [1.29, 1.82) is 0 Å². The lowest BCUT2D eigenvalue weighted by molar-refractivity contribution is 0.0562. The van der Waals surface area contributed by atoms with Gasteiger partial charge in [0.15, 0.2) is 0 Å². The third-order valence-corrected chi connectivity index (χ3v) is 3.68. The molecule has 7 heteroatoms. The number of aromatic nitrogens is 2. The van der Waals surface area contributed by atoms with E-state index < -0.39 is 5.97 Å². The summed E-state index contributed by atoms with van der Waals surface area (Å²) in [4.78, 5) is 23.5. The molecule has 0 atom stereocenters. The lowest BCUT2D eigenvalue weighted by atomic mass is 10.1. The van der Waals surface area contributed by atoms with Crippen molar-refractivity contribution in [3.63, 3.8) is 0 Å². The zero-order valence-electron chi connectivity index (χ0n) is 14.5. The molecule has 1 aromatic carbocycles. The third kappa shape index (κ3) is 3.83. The van der Waals surface area contributed by atoms with Crippen LogP contribution in [0.4, 0.5) is 0 Å². The molecule has 0 aliphatic heterocycles. The second-order valence-corrected chi connectivity index (χ2v) is 5.43. The SMILES string of the molecule is CCOc1ccc(-c2ccc(=O)n(Cc3ccc(C(=O)OC)o3)n2)cc1. The fourth-order valence-corrected chi connectivity index (χ4v) is 2.43. The van der Waals surface area contributed by atoms with Gasteiger partial charge in [0, 0.05) is 11.6 Å². The summed E-state index contributed by atoms with van der Waals surface area (Å²) in [7, 11) is 1.27. The van der Waals surface area contributed by atoms with Crippen LogP contribution in [0.5, 0.6) is 5.75 Å². The summed E-state index contributed by atoms with van der Waals surface area (Å²) in [6, 6.07) is 13.7. The topological polar surface area (TPSA) is 83.6 Å². The highest BCUT2D eigenvalue weighted by Crippen LogP contribution is 2.20. The fraction of sp³-hybridized carbons (Fsp3) is 0.211. The molecule has 0 bridgehead atoms. The van der Waals surface area contributed by atoms with Crippen LogP contribution in [0, 0.1) is 0 Å². The molecule has 26 heavy (non-hydrogen) atoms. The maximum Gasteiger partial charge on any atom is 0.373 e. The van der Waals surface area contributed by atoms with E-state index in [4.69, 9.17) is 9.15 Å². The van der Waals surface area contributed by atoms with Crippen LogP contribution in [0.2, 0.25) is 0 Å². The van der Waals surface area contributed by atoms with E-state index in [0.717, 1.165) is 11.3 Å². The van der Waals surface area contributed by atoms with Crippen LogP contribution >= 0.6 is 0 Å². The second-order valence-electron chi connectivity index (χ2n) is 5.43. The van der Waals surface area contributed by atoms with Crippen molar-refractivity contribution in [3.8, 4) is 17.0 Å². The molecule has 0 aliphatic carbocycles. The first-order valence-corrected chi connectivity index (χ1v) is 8.09. The molecular formula is C19H18N2O5. The molecule has 2 aromatic heterocycles. The number of nitrogens with zero attached hydrogens (tertiary/aromatic N) is 2. The Morgan fingerprint density at radius 1 is 1.12 bits per heavy atom. The molecule has 7 nitrogen and oxygen atoms in total. The van der Waals surface area contributed by atoms with Crippen molar-refractivity contribution >= 4 is 5.97 Å². The molecule has 134 valence electrons. The van der Waals surface area contributed by atoms with E-state index in [-0.39, 0.29) is 17.9 Å². The number of furan rings is 1. The summed E-state index contributed by atoms with van der Waals surface area (Å²) in [5.74, 6) is 0.720. The Balaban J connectivity index is 1.84. The van der Waals surface area contributed by atoms with Crippen LogP contribution in [0.15, 0.2) is 57.7 Å². The predicted molar refractivity (Wildman–Crippen MR) is 94.3 cm³/mol. The van der Waals surface area contributed by atoms with Crippen LogP contribution in [0.3, 0.4) is 0 Å². The zero-order valence-corrected chi connectivity index (χ0v) is 14.5. The Morgan fingerprint density at radius 3 is 2.58 bits per heavy atom. The fourth-order valence-electron chi connectivity index (χ4n) is 2.43. The number of benzene rings is 1. The molecule has 0 amide bonds. The van der Waals surface area contributed by atoms with Gasteiger partial charge in [0.05, 0.1) is 19.4 Å². The number of carbonyl (C=O) groups excluding carboxylic acids is 1. The molecule has 0 spiro atoms.